The molecule has 0 spiro atoms. The van der Waals surface area contributed by atoms with E-state index < -0.39 is 17.7 Å². The Kier molecular flexibility index (Phi) is 6.92. The number of aryl methyl sites for hydroxylation is 2. The van der Waals surface area contributed by atoms with Crippen LogP contribution in [0.5, 0.6) is 11.5 Å². The Morgan fingerprint density at radius 3 is 2.47 bits per heavy atom. The van der Waals surface area contributed by atoms with Crippen molar-refractivity contribution in [2.45, 2.75) is 53.2 Å². The molecule has 0 aromatic heterocycles. The van der Waals surface area contributed by atoms with Crippen LogP contribution in [0.2, 0.25) is 0 Å². The predicted octanol–water partition coefficient (Wildman–Crippen LogP) is 4.93. The number of Topliss-reactive ketones (excluding diaryl/α,β-unsaturated/α-hetero) is 1. The summed E-state index contributed by atoms with van der Waals surface area (Å²) >= 11 is 0. The lowest BCUT2D eigenvalue weighted by molar-refractivity contribution is -0.139. The van der Waals surface area contributed by atoms with Crippen molar-refractivity contribution in [3.63, 3.8) is 0 Å². The number of rotatable bonds is 7. The maximum Gasteiger partial charge on any atom is 0.295 e. The van der Waals surface area contributed by atoms with Gasteiger partial charge in [0, 0.05) is 12.1 Å². The first-order valence-electron chi connectivity index (χ1n) is 10.9. The van der Waals surface area contributed by atoms with Crippen molar-refractivity contribution in [2.24, 2.45) is 0 Å². The van der Waals surface area contributed by atoms with Crippen LogP contribution in [0.1, 0.15) is 55.5 Å². The standard InChI is InChI=1S/C26H31NO5/c1-7-11-27-23(18-9-8-10-19(14-18)32-15(2)3)22(25(29)26(27)30)24(28)20-12-17(5)21(31-6)13-16(20)4/h8-10,12-15,23,28H,7,11H2,1-6H3/b24-22+. The maximum absolute atomic E-state index is 13.1. The summed E-state index contributed by atoms with van der Waals surface area (Å²) < 4.78 is 11.2. The predicted molar refractivity (Wildman–Crippen MR) is 124 cm³/mol. The van der Waals surface area contributed by atoms with Crippen molar-refractivity contribution in [3.05, 3.63) is 64.2 Å². The summed E-state index contributed by atoms with van der Waals surface area (Å²) in [5, 5.41) is 11.3. The summed E-state index contributed by atoms with van der Waals surface area (Å²) in [7, 11) is 1.59. The molecule has 1 saturated heterocycles. The second-order valence-electron chi connectivity index (χ2n) is 8.37. The van der Waals surface area contributed by atoms with Crippen molar-refractivity contribution in [2.75, 3.05) is 13.7 Å². The molecule has 1 unspecified atom stereocenters. The van der Waals surface area contributed by atoms with Gasteiger partial charge in [0.1, 0.15) is 17.3 Å². The number of aliphatic hydroxyl groups is 1. The molecule has 3 rings (SSSR count). The van der Waals surface area contributed by atoms with Gasteiger partial charge >= 0.3 is 0 Å². The highest BCUT2D eigenvalue weighted by Crippen LogP contribution is 2.41. The Morgan fingerprint density at radius 2 is 1.84 bits per heavy atom. The van der Waals surface area contributed by atoms with E-state index in [0.717, 1.165) is 16.7 Å². The summed E-state index contributed by atoms with van der Waals surface area (Å²) in [4.78, 5) is 27.6. The van der Waals surface area contributed by atoms with Crippen molar-refractivity contribution >= 4 is 17.4 Å². The van der Waals surface area contributed by atoms with Gasteiger partial charge in [-0.2, -0.15) is 0 Å². The molecule has 1 heterocycles. The van der Waals surface area contributed by atoms with E-state index in [2.05, 4.69) is 0 Å². The number of carbonyl (C=O) groups excluding carboxylic acids is 2. The zero-order chi connectivity index (χ0) is 23.6. The Hall–Kier alpha value is -3.28. The third-order valence-corrected chi connectivity index (χ3v) is 5.55. The minimum atomic E-state index is -0.688. The highest BCUT2D eigenvalue weighted by atomic mass is 16.5. The monoisotopic (exact) mass is 437 g/mol. The molecule has 1 aliphatic rings. The molecule has 0 saturated carbocycles. The Labute approximate surface area is 189 Å². The van der Waals surface area contributed by atoms with Gasteiger partial charge in [0.2, 0.25) is 0 Å². The van der Waals surface area contributed by atoms with Crippen LogP contribution in [-0.2, 0) is 9.59 Å². The fourth-order valence-corrected chi connectivity index (χ4v) is 4.14. The molecular weight excluding hydrogens is 406 g/mol. The van der Waals surface area contributed by atoms with Gasteiger partial charge in [-0.25, -0.2) is 0 Å². The van der Waals surface area contributed by atoms with E-state index in [4.69, 9.17) is 9.47 Å². The van der Waals surface area contributed by atoms with Crippen LogP contribution in [0.4, 0.5) is 0 Å². The zero-order valence-corrected chi connectivity index (χ0v) is 19.6. The number of methoxy groups -OCH3 is 1. The number of ether oxygens (including phenoxy) is 2. The van der Waals surface area contributed by atoms with Crippen LogP contribution in [0, 0.1) is 13.8 Å². The SMILES string of the molecule is CCCN1C(=O)C(=O)/C(=C(/O)c2cc(C)c(OC)cc2C)C1c1cccc(OC(C)C)c1. The van der Waals surface area contributed by atoms with Crippen LogP contribution < -0.4 is 9.47 Å². The molecule has 0 bridgehead atoms. The molecule has 1 amide bonds. The van der Waals surface area contributed by atoms with Crippen LogP contribution in [0.15, 0.2) is 42.0 Å². The third kappa shape index (κ3) is 4.35. The Balaban J connectivity index is 2.21. The first-order chi connectivity index (χ1) is 15.2. The molecule has 6 nitrogen and oxygen atoms in total. The Bertz CT molecular complexity index is 1070. The zero-order valence-electron chi connectivity index (χ0n) is 19.6. The first kappa shape index (κ1) is 23.4. The highest BCUT2D eigenvalue weighted by Gasteiger charge is 2.45. The van der Waals surface area contributed by atoms with Crippen LogP contribution in [0.3, 0.4) is 0 Å². The molecule has 1 atom stereocenters. The maximum atomic E-state index is 13.1. The van der Waals surface area contributed by atoms with Crippen LogP contribution in [0.25, 0.3) is 5.76 Å². The largest absolute Gasteiger partial charge is 0.507 e. The summed E-state index contributed by atoms with van der Waals surface area (Å²) in [5.74, 6) is -0.109. The third-order valence-electron chi connectivity index (χ3n) is 5.55. The lowest BCUT2D eigenvalue weighted by atomic mass is 9.93. The number of benzene rings is 2. The highest BCUT2D eigenvalue weighted by molar-refractivity contribution is 6.46. The van der Waals surface area contributed by atoms with Gasteiger partial charge in [-0.05, 0) is 75.1 Å². The normalized spacial score (nSPS) is 17.8. The number of hydrogen-bond acceptors (Lipinski definition) is 5. The lowest BCUT2D eigenvalue weighted by Crippen LogP contribution is -2.30. The summed E-state index contributed by atoms with van der Waals surface area (Å²) in [5.41, 5.74) is 2.91. The molecule has 2 aromatic rings. The van der Waals surface area contributed by atoms with Crippen molar-refractivity contribution in [1.29, 1.82) is 0 Å². The molecule has 1 N–H and O–H groups in total. The molecule has 1 aliphatic heterocycles. The number of aliphatic hydroxyl groups excluding tert-OH is 1. The van der Waals surface area contributed by atoms with Gasteiger partial charge in [-0.1, -0.05) is 19.1 Å². The fraction of sp³-hybridized carbons (Fsp3) is 0.385. The van der Waals surface area contributed by atoms with Crippen LogP contribution >= 0.6 is 0 Å². The number of hydrogen-bond donors (Lipinski definition) is 1. The topological polar surface area (TPSA) is 76.1 Å². The van der Waals surface area contributed by atoms with E-state index in [1.165, 1.54) is 4.90 Å². The van der Waals surface area contributed by atoms with Gasteiger partial charge in [0.25, 0.3) is 11.7 Å². The van der Waals surface area contributed by atoms with Gasteiger partial charge < -0.3 is 19.5 Å². The average molecular weight is 438 g/mol. The van der Waals surface area contributed by atoms with E-state index in [1.807, 2.05) is 65.0 Å². The second kappa shape index (κ2) is 9.47. The molecule has 6 heteroatoms. The van der Waals surface area contributed by atoms with Gasteiger partial charge in [-0.3, -0.25) is 9.59 Å². The number of carbonyl (C=O) groups is 2. The van der Waals surface area contributed by atoms with Crippen molar-refractivity contribution in [1.82, 2.24) is 4.90 Å². The first-order valence-corrected chi connectivity index (χ1v) is 10.9. The molecule has 32 heavy (non-hydrogen) atoms. The van der Waals surface area contributed by atoms with Gasteiger partial charge in [0.15, 0.2) is 0 Å². The van der Waals surface area contributed by atoms with E-state index >= 15 is 0 Å². The van der Waals surface area contributed by atoms with Crippen LogP contribution in [-0.4, -0.2) is 41.5 Å². The molecule has 170 valence electrons. The molecule has 0 aliphatic carbocycles. The second-order valence-corrected chi connectivity index (χ2v) is 8.37. The molecule has 2 aromatic carbocycles. The molecular formula is C26H31NO5. The Morgan fingerprint density at radius 1 is 1.12 bits per heavy atom. The van der Waals surface area contributed by atoms with Crippen molar-refractivity contribution < 1.29 is 24.2 Å². The smallest absolute Gasteiger partial charge is 0.295 e. The summed E-state index contributed by atoms with van der Waals surface area (Å²) in [6.07, 6.45) is 0.670. The number of ketones is 1. The van der Waals surface area contributed by atoms with Gasteiger partial charge in [0.05, 0.1) is 24.8 Å². The minimum Gasteiger partial charge on any atom is -0.507 e. The number of amides is 1. The van der Waals surface area contributed by atoms with E-state index in [9.17, 15) is 14.7 Å². The van der Waals surface area contributed by atoms with E-state index in [-0.39, 0.29) is 17.4 Å². The van der Waals surface area contributed by atoms with E-state index in [1.54, 1.807) is 13.2 Å². The molecule has 0 radical (unpaired) electrons. The van der Waals surface area contributed by atoms with E-state index in [0.29, 0.717) is 30.0 Å². The summed E-state index contributed by atoms with van der Waals surface area (Å²) in [6, 6.07) is 10.3. The van der Waals surface area contributed by atoms with Gasteiger partial charge in [-0.15, -0.1) is 0 Å². The summed E-state index contributed by atoms with van der Waals surface area (Å²) in [6.45, 7) is 9.93. The van der Waals surface area contributed by atoms with Crippen molar-refractivity contribution in [3.8, 4) is 11.5 Å². The fourth-order valence-electron chi connectivity index (χ4n) is 4.14. The quantitative estimate of drug-likeness (QED) is 0.378. The minimum absolute atomic E-state index is 0.0165. The lowest BCUT2D eigenvalue weighted by Gasteiger charge is -2.25. The average Bonchev–Trinajstić information content (AvgIpc) is 2.99. The number of likely N-dealkylation sites (tertiary alicyclic amines) is 1. The number of nitrogens with zero attached hydrogens (tertiary/aromatic N) is 1. The molecule has 1 fully saturated rings.